The van der Waals surface area contributed by atoms with Crippen molar-refractivity contribution in [2.75, 3.05) is 33.3 Å². The van der Waals surface area contributed by atoms with Gasteiger partial charge in [-0.25, -0.2) is 0 Å². The van der Waals surface area contributed by atoms with Crippen LogP contribution in [-0.4, -0.2) is 63.4 Å². The van der Waals surface area contributed by atoms with E-state index < -0.39 is 0 Å². The zero-order valence-electron chi connectivity index (χ0n) is 16.3. The van der Waals surface area contributed by atoms with Crippen molar-refractivity contribution >= 4 is 0 Å². The van der Waals surface area contributed by atoms with Crippen molar-refractivity contribution in [3.63, 3.8) is 0 Å². The van der Waals surface area contributed by atoms with Crippen LogP contribution in [-0.2, 0) is 6.54 Å². The van der Waals surface area contributed by atoms with Crippen molar-refractivity contribution in [2.24, 2.45) is 0 Å². The van der Waals surface area contributed by atoms with Gasteiger partial charge in [0, 0.05) is 31.7 Å². The topological polar surface area (TPSA) is 93.6 Å². The number of aromatic nitrogens is 4. The highest BCUT2D eigenvalue weighted by atomic mass is 16.5. The van der Waals surface area contributed by atoms with Gasteiger partial charge in [0.1, 0.15) is 5.75 Å². The summed E-state index contributed by atoms with van der Waals surface area (Å²) in [6, 6.07) is 7.74. The number of hydrogen-bond acceptors (Lipinski definition) is 9. The fourth-order valence-corrected chi connectivity index (χ4v) is 3.32. The van der Waals surface area contributed by atoms with E-state index in [1.165, 1.54) is 0 Å². The molecule has 0 aliphatic carbocycles. The summed E-state index contributed by atoms with van der Waals surface area (Å²) >= 11 is 0. The second kappa shape index (κ2) is 8.07. The van der Waals surface area contributed by atoms with Gasteiger partial charge in [0.05, 0.1) is 19.7 Å². The predicted molar refractivity (Wildman–Crippen MR) is 101 cm³/mol. The fraction of sp³-hybridized carbons (Fsp3) is 0.474. The third kappa shape index (κ3) is 4.05. The number of nitrogens with zero attached hydrogens (tertiary/aromatic N) is 6. The first kappa shape index (κ1) is 18.6. The zero-order valence-corrected chi connectivity index (χ0v) is 16.3. The Morgan fingerprint density at radius 3 is 2.43 bits per heavy atom. The summed E-state index contributed by atoms with van der Waals surface area (Å²) in [4.78, 5) is 13.5. The van der Waals surface area contributed by atoms with Crippen molar-refractivity contribution in [2.45, 2.75) is 26.4 Å². The van der Waals surface area contributed by atoms with Gasteiger partial charge >= 0.3 is 0 Å². The van der Waals surface area contributed by atoms with Gasteiger partial charge in [-0.2, -0.15) is 9.97 Å². The van der Waals surface area contributed by atoms with Crippen LogP contribution in [0.4, 0.5) is 0 Å². The molecule has 0 saturated carbocycles. The monoisotopic (exact) mass is 384 g/mol. The van der Waals surface area contributed by atoms with E-state index in [4.69, 9.17) is 13.8 Å². The van der Waals surface area contributed by atoms with Crippen molar-refractivity contribution in [3.8, 4) is 17.1 Å². The molecule has 0 N–H and O–H groups in total. The van der Waals surface area contributed by atoms with Gasteiger partial charge in [-0.3, -0.25) is 9.80 Å². The Hall–Kier alpha value is -2.78. The van der Waals surface area contributed by atoms with E-state index in [0.29, 0.717) is 30.0 Å². The Kier molecular flexibility index (Phi) is 5.36. The average molecular weight is 384 g/mol. The normalized spacial score (nSPS) is 17.0. The minimum absolute atomic E-state index is 0.119. The molecule has 1 aromatic carbocycles. The van der Waals surface area contributed by atoms with E-state index in [1.807, 2.05) is 31.2 Å². The number of piperazine rings is 1. The van der Waals surface area contributed by atoms with Crippen molar-refractivity contribution < 1.29 is 13.8 Å². The lowest BCUT2D eigenvalue weighted by Gasteiger charge is -2.36. The van der Waals surface area contributed by atoms with E-state index in [9.17, 15) is 0 Å². The molecule has 1 atom stereocenters. The highest BCUT2D eigenvalue weighted by Crippen LogP contribution is 2.22. The lowest BCUT2D eigenvalue weighted by Crippen LogP contribution is -2.46. The van der Waals surface area contributed by atoms with Gasteiger partial charge in [0.25, 0.3) is 0 Å². The summed E-state index contributed by atoms with van der Waals surface area (Å²) in [6.07, 6.45) is 0. The Labute approximate surface area is 163 Å². The molecule has 0 bridgehead atoms. The zero-order chi connectivity index (χ0) is 19.5. The van der Waals surface area contributed by atoms with Gasteiger partial charge in [0.2, 0.25) is 17.6 Å². The molecule has 1 aliphatic rings. The lowest BCUT2D eigenvalue weighted by molar-refractivity contribution is 0.0785. The van der Waals surface area contributed by atoms with E-state index in [1.54, 1.807) is 7.11 Å². The number of aryl methyl sites for hydroxylation is 1. The largest absolute Gasteiger partial charge is 0.497 e. The minimum Gasteiger partial charge on any atom is -0.497 e. The molecule has 2 aromatic heterocycles. The molecule has 0 amide bonds. The molecular formula is C19H24N6O3. The highest BCUT2D eigenvalue weighted by Gasteiger charge is 2.26. The van der Waals surface area contributed by atoms with Crippen LogP contribution < -0.4 is 4.74 Å². The first-order chi connectivity index (χ1) is 13.6. The third-order valence-electron chi connectivity index (χ3n) is 5.03. The van der Waals surface area contributed by atoms with E-state index in [0.717, 1.165) is 37.5 Å². The van der Waals surface area contributed by atoms with Crippen LogP contribution in [0.25, 0.3) is 11.4 Å². The molecule has 0 spiro atoms. The summed E-state index contributed by atoms with van der Waals surface area (Å²) in [5.41, 5.74) is 0.907. The van der Waals surface area contributed by atoms with Crippen LogP contribution in [0.1, 0.15) is 30.6 Å². The SMILES string of the molecule is COc1ccc(-c2noc(CN3CCN(C(C)c4nc(C)no4)CC3)n2)cc1. The molecule has 3 aromatic rings. The third-order valence-corrected chi connectivity index (χ3v) is 5.03. The van der Waals surface area contributed by atoms with Gasteiger partial charge in [0.15, 0.2) is 5.82 Å². The molecular weight excluding hydrogens is 360 g/mol. The maximum absolute atomic E-state index is 5.44. The summed E-state index contributed by atoms with van der Waals surface area (Å²) < 4.78 is 15.9. The molecule has 9 nitrogen and oxygen atoms in total. The Bertz CT molecular complexity index is 899. The molecule has 1 aliphatic heterocycles. The number of rotatable bonds is 6. The van der Waals surface area contributed by atoms with Crippen molar-refractivity contribution in [1.82, 2.24) is 30.1 Å². The second-order valence-corrected chi connectivity index (χ2v) is 6.91. The van der Waals surface area contributed by atoms with E-state index >= 15 is 0 Å². The molecule has 9 heteroatoms. The van der Waals surface area contributed by atoms with Crippen molar-refractivity contribution in [1.29, 1.82) is 0 Å². The molecule has 0 radical (unpaired) electrons. The molecule has 148 valence electrons. The summed E-state index contributed by atoms with van der Waals surface area (Å²) in [5.74, 6) is 3.36. The fourth-order valence-electron chi connectivity index (χ4n) is 3.32. The molecule has 1 saturated heterocycles. The molecule has 3 heterocycles. The number of ether oxygens (including phenoxy) is 1. The van der Waals surface area contributed by atoms with Crippen LogP contribution in [0.3, 0.4) is 0 Å². The van der Waals surface area contributed by atoms with Gasteiger partial charge in [-0.05, 0) is 38.1 Å². The molecule has 28 heavy (non-hydrogen) atoms. The standard InChI is InChI=1S/C19H24N6O3/c1-13(19-20-14(2)22-28-19)25-10-8-24(9-11-25)12-17-21-18(23-27-17)15-4-6-16(26-3)7-5-15/h4-7,13H,8-12H2,1-3H3. The molecule has 1 fully saturated rings. The van der Waals surface area contributed by atoms with Gasteiger partial charge < -0.3 is 13.8 Å². The van der Waals surface area contributed by atoms with Crippen LogP contribution in [0.5, 0.6) is 5.75 Å². The van der Waals surface area contributed by atoms with E-state index in [-0.39, 0.29) is 6.04 Å². The minimum atomic E-state index is 0.119. The second-order valence-electron chi connectivity index (χ2n) is 6.91. The quantitative estimate of drug-likeness (QED) is 0.634. The maximum Gasteiger partial charge on any atom is 0.243 e. The number of hydrogen-bond donors (Lipinski definition) is 0. The average Bonchev–Trinajstić information content (AvgIpc) is 3.37. The van der Waals surface area contributed by atoms with Crippen molar-refractivity contribution in [3.05, 3.63) is 41.9 Å². The summed E-state index contributed by atoms with van der Waals surface area (Å²) in [7, 11) is 1.64. The summed E-state index contributed by atoms with van der Waals surface area (Å²) in [5, 5.41) is 7.98. The molecule has 1 unspecified atom stereocenters. The van der Waals surface area contributed by atoms with E-state index in [2.05, 4.69) is 37.0 Å². The predicted octanol–water partition coefficient (Wildman–Crippen LogP) is 2.32. The Morgan fingerprint density at radius 2 is 1.79 bits per heavy atom. The first-order valence-electron chi connectivity index (χ1n) is 9.36. The van der Waals surface area contributed by atoms with Crippen LogP contribution in [0, 0.1) is 6.92 Å². The van der Waals surface area contributed by atoms with Gasteiger partial charge in [-0.1, -0.05) is 10.3 Å². The highest BCUT2D eigenvalue weighted by molar-refractivity contribution is 5.55. The van der Waals surface area contributed by atoms with Crippen LogP contribution >= 0.6 is 0 Å². The Balaban J connectivity index is 1.32. The van der Waals surface area contributed by atoms with Crippen LogP contribution in [0.15, 0.2) is 33.3 Å². The number of benzene rings is 1. The smallest absolute Gasteiger partial charge is 0.243 e. The summed E-state index contributed by atoms with van der Waals surface area (Å²) in [6.45, 7) is 8.24. The molecule has 4 rings (SSSR count). The first-order valence-corrected chi connectivity index (χ1v) is 9.36. The lowest BCUT2D eigenvalue weighted by atomic mass is 10.2. The van der Waals surface area contributed by atoms with Gasteiger partial charge in [-0.15, -0.1) is 0 Å². The van der Waals surface area contributed by atoms with Crippen LogP contribution in [0.2, 0.25) is 0 Å². The Morgan fingerprint density at radius 1 is 1.04 bits per heavy atom. The maximum atomic E-state index is 5.44. The number of methoxy groups -OCH3 is 1.